The summed E-state index contributed by atoms with van der Waals surface area (Å²) in [5, 5.41) is 0. The smallest absolute Gasteiger partial charge is 0.310 e. The van der Waals surface area contributed by atoms with Crippen LogP contribution in [0.2, 0.25) is 0 Å². The fourth-order valence-corrected chi connectivity index (χ4v) is 4.55. The van der Waals surface area contributed by atoms with Crippen LogP contribution < -0.4 is 15.0 Å². The number of esters is 1. The molecule has 0 saturated heterocycles. The van der Waals surface area contributed by atoms with Crippen molar-refractivity contribution in [2.75, 3.05) is 7.11 Å². The van der Waals surface area contributed by atoms with E-state index in [1.807, 2.05) is 56.3 Å². The molecule has 9 heteroatoms. The van der Waals surface area contributed by atoms with Crippen LogP contribution in [-0.2, 0) is 24.3 Å². The minimum Gasteiger partial charge on any atom is -0.497 e. The zero-order chi connectivity index (χ0) is 27.6. The number of allylic oxidation sites excluding steroid dienone is 1. The number of hydrazine groups is 1. The van der Waals surface area contributed by atoms with Crippen molar-refractivity contribution in [2.24, 2.45) is 17.8 Å². The van der Waals surface area contributed by atoms with Crippen LogP contribution in [0.5, 0.6) is 5.75 Å². The molecule has 37 heavy (non-hydrogen) atoms. The fourth-order valence-electron chi connectivity index (χ4n) is 3.70. The maximum absolute atomic E-state index is 13.3. The molecule has 202 valence electrons. The molecule has 0 fully saturated rings. The number of hydrogen-bond donors (Lipinski definition) is 2. The van der Waals surface area contributed by atoms with E-state index in [1.165, 1.54) is 31.4 Å². The van der Waals surface area contributed by atoms with Gasteiger partial charge in [0.2, 0.25) is 5.91 Å². The molecule has 0 aliphatic rings. The van der Waals surface area contributed by atoms with Crippen molar-refractivity contribution in [3.05, 3.63) is 66.2 Å². The van der Waals surface area contributed by atoms with Gasteiger partial charge in [-0.15, -0.1) is 4.83 Å². The zero-order valence-corrected chi connectivity index (χ0v) is 23.2. The molecule has 0 spiro atoms. The Bertz CT molecular complexity index is 1150. The Morgan fingerprint density at radius 3 is 2.14 bits per heavy atom. The normalized spacial score (nSPS) is 13.8. The summed E-state index contributed by atoms with van der Waals surface area (Å²) in [4.78, 5) is 28.7. The largest absolute Gasteiger partial charge is 0.497 e. The van der Waals surface area contributed by atoms with Gasteiger partial charge in [-0.3, -0.25) is 15.0 Å². The van der Waals surface area contributed by atoms with Crippen molar-refractivity contribution >= 4 is 28.0 Å². The summed E-state index contributed by atoms with van der Waals surface area (Å²) < 4.78 is 36.2. The molecule has 1 amide bonds. The maximum atomic E-state index is 13.3. The molecular weight excluding hydrogens is 492 g/mol. The molecule has 2 aromatic rings. The molecule has 8 nitrogen and oxygen atoms in total. The number of carbonyl (C=O) groups is 2. The first-order valence-electron chi connectivity index (χ1n) is 12.2. The third-order valence-corrected chi connectivity index (χ3v) is 6.70. The number of rotatable bonds is 12. The number of hydrogen-bond acceptors (Lipinski definition) is 6. The first-order valence-corrected chi connectivity index (χ1v) is 13.7. The van der Waals surface area contributed by atoms with Gasteiger partial charge in [-0.1, -0.05) is 56.3 Å². The molecule has 2 atom stereocenters. The topological polar surface area (TPSA) is 111 Å². The molecule has 0 aliphatic carbocycles. The second kappa shape index (κ2) is 13.4. The highest BCUT2D eigenvalue weighted by Crippen LogP contribution is 2.28. The lowest BCUT2D eigenvalue weighted by Gasteiger charge is -2.29. The summed E-state index contributed by atoms with van der Waals surface area (Å²) in [7, 11) is -2.56. The Kier molecular flexibility index (Phi) is 10.9. The number of ether oxygens (including phenoxy) is 2. The zero-order valence-electron chi connectivity index (χ0n) is 22.4. The van der Waals surface area contributed by atoms with Gasteiger partial charge in [0.25, 0.3) is 10.0 Å². The van der Waals surface area contributed by atoms with Crippen molar-refractivity contribution < 1.29 is 27.5 Å². The Balaban J connectivity index is 2.27. The lowest BCUT2D eigenvalue weighted by atomic mass is 9.82. The highest BCUT2D eigenvalue weighted by molar-refractivity contribution is 7.89. The molecule has 2 rings (SSSR count). The number of benzene rings is 2. The van der Waals surface area contributed by atoms with E-state index in [0.29, 0.717) is 12.2 Å². The highest BCUT2D eigenvalue weighted by Gasteiger charge is 2.36. The second-order valence-corrected chi connectivity index (χ2v) is 11.9. The van der Waals surface area contributed by atoms with Crippen LogP contribution in [0.3, 0.4) is 0 Å². The minimum atomic E-state index is -4.04. The lowest BCUT2D eigenvalue weighted by Crippen LogP contribution is -2.48. The number of sulfonamides is 1. The number of nitrogens with one attached hydrogen (secondary N) is 2. The molecule has 0 aromatic heterocycles. The lowest BCUT2D eigenvalue weighted by molar-refractivity contribution is -0.164. The van der Waals surface area contributed by atoms with Crippen molar-refractivity contribution in [1.29, 1.82) is 0 Å². The van der Waals surface area contributed by atoms with Gasteiger partial charge in [0.1, 0.15) is 11.4 Å². The van der Waals surface area contributed by atoms with Crippen molar-refractivity contribution in [3.63, 3.8) is 0 Å². The fraction of sp³-hybridized carbons (Fsp3) is 0.429. The monoisotopic (exact) mass is 530 g/mol. The average Bonchev–Trinajstić information content (AvgIpc) is 2.83. The summed E-state index contributed by atoms with van der Waals surface area (Å²) in [6.45, 7) is 9.17. The van der Waals surface area contributed by atoms with Gasteiger partial charge in [0, 0.05) is 0 Å². The highest BCUT2D eigenvalue weighted by atomic mass is 32.2. The van der Waals surface area contributed by atoms with Crippen LogP contribution in [-0.4, -0.2) is 33.0 Å². The molecule has 0 bridgehead atoms. The summed E-state index contributed by atoms with van der Waals surface area (Å²) in [6, 6.07) is 15.4. The van der Waals surface area contributed by atoms with E-state index in [-0.39, 0.29) is 17.2 Å². The number of amides is 1. The SMILES string of the molecule is COc1ccc(S(=O)(=O)NNC(=O)[C@H](CC(C)C)[C@H](CC=Cc2ccccc2)C(=O)OC(C)(C)C)cc1. The first-order chi connectivity index (χ1) is 17.3. The Labute approximate surface area is 220 Å². The van der Waals surface area contributed by atoms with Gasteiger partial charge in [0.15, 0.2) is 0 Å². The van der Waals surface area contributed by atoms with Crippen molar-refractivity contribution in [3.8, 4) is 5.75 Å². The summed E-state index contributed by atoms with van der Waals surface area (Å²) in [6.07, 6.45) is 4.33. The number of carbonyl (C=O) groups excluding carboxylic acids is 2. The van der Waals surface area contributed by atoms with Crippen molar-refractivity contribution in [2.45, 2.75) is 58.0 Å². The predicted molar refractivity (Wildman–Crippen MR) is 144 cm³/mol. The van der Waals surface area contributed by atoms with Crippen LogP contribution in [0.1, 0.15) is 53.0 Å². The average molecular weight is 531 g/mol. The summed E-state index contributed by atoms with van der Waals surface area (Å²) >= 11 is 0. The van der Waals surface area contributed by atoms with Gasteiger partial charge in [-0.25, -0.2) is 8.42 Å². The number of methoxy groups -OCH3 is 1. The van der Waals surface area contributed by atoms with Gasteiger partial charge < -0.3 is 9.47 Å². The molecule has 0 aliphatic heterocycles. The predicted octanol–water partition coefficient (Wildman–Crippen LogP) is 4.73. The molecule has 2 aromatic carbocycles. The summed E-state index contributed by atoms with van der Waals surface area (Å²) in [5.41, 5.74) is 2.54. The van der Waals surface area contributed by atoms with E-state index in [1.54, 1.807) is 20.8 Å². The molecular formula is C28H38N2O6S. The summed E-state index contributed by atoms with van der Waals surface area (Å²) in [5.74, 6) is -2.18. The Morgan fingerprint density at radius 1 is 0.973 bits per heavy atom. The van der Waals surface area contributed by atoms with Crippen LogP contribution in [0, 0.1) is 17.8 Å². The van der Waals surface area contributed by atoms with Gasteiger partial charge in [-0.05, 0) is 69.4 Å². The van der Waals surface area contributed by atoms with E-state index in [4.69, 9.17) is 9.47 Å². The Morgan fingerprint density at radius 2 is 1.59 bits per heavy atom. The Hall–Kier alpha value is -3.17. The molecule has 0 unspecified atom stereocenters. The quantitative estimate of drug-likeness (QED) is 0.303. The van der Waals surface area contributed by atoms with Crippen LogP contribution in [0.25, 0.3) is 6.08 Å². The van der Waals surface area contributed by atoms with Crippen LogP contribution in [0.15, 0.2) is 65.6 Å². The minimum absolute atomic E-state index is 0.0384. The standard InChI is InChI=1S/C28H38N2O6S/c1-20(2)19-25(26(31)29-30-37(33,34)23-17-15-22(35-6)16-18-23)24(27(32)36-28(3,4)5)14-10-13-21-11-8-7-9-12-21/h7-13,15-18,20,24-25,30H,14,19H2,1-6H3,(H,29,31)/t24-,25+/m0/s1. The van der Waals surface area contributed by atoms with E-state index in [9.17, 15) is 18.0 Å². The third kappa shape index (κ3) is 10.0. The van der Waals surface area contributed by atoms with Crippen LogP contribution >= 0.6 is 0 Å². The molecule has 0 heterocycles. The van der Waals surface area contributed by atoms with E-state index >= 15 is 0 Å². The molecule has 0 radical (unpaired) electrons. The van der Waals surface area contributed by atoms with E-state index in [0.717, 1.165) is 5.56 Å². The van der Waals surface area contributed by atoms with Gasteiger partial charge >= 0.3 is 5.97 Å². The first kappa shape index (κ1) is 30.1. The maximum Gasteiger partial charge on any atom is 0.310 e. The van der Waals surface area contributed by atoms with E-state index < -0.39 is 39.3 Å². The van der Waals surface area contributed by atoms with Gasteiger partial charge in [-0.2, -0.15) is 0 Å². The molecule has 0 saturated carbocycles. The van der Waals surface area contributed by atoms with E-state index in [2.05, 4.69) is 10.3 Å². The van der Waals surface area contributed by atoms with Crippen LogP contribution in [0.4, 0.5) is 0 Å². The van der Waals surface area contributed by atoms with Gasteiger partial charge in [0.05, 0.1) is 23.8 Å². The second-order valence-electron chi connectivity index (χ2n) is 10.2. The molecule has 2 N–H and O–H groups in total. The third-order valence-electron chi connectivity index (χ3n) is 5.44. The van der Waals surface area contributed by atoms with Crippen molar-refractivity contribution in [1.82, 2.24) is 10.3 Å².